The Kier molecular flexibility index (Phi) is 15.5. The zero-order valence-corrected chi connectivity index (χ0v) is 20.2. The number of amides is 1. The normalized spacial score (nSPS) is 9.15. The maximum Gasteiger partial charge on any atom is -0.0809 e. The SMILES string of the molecule is CC(C)c1ccccc1C([NH-])=O.C[Si]C.[Cl][Ti][Cl].c1ccc2[cH-]ccc2c1. The van der Waals surface area contributed by atoms with Crippen molar-refractivity contribution in [3.8, 4) is 0 Å². The first-order valence-electron chi connectivity index (χ1n) is 8.42. The van der Waals surface area contributed by atoms with E-state index in [2.05, 4.69) is 55.6 Å². The van der Waals surface area contributed by atoms with Gasteiger partial charge in [-0.15, -0.1) is 29.7 Å². The summed E-state index contributed by atoms with van der Waals surface area (Å²) in [6.07, 6.45) is 0. The molecule has 0 unspecified atom stereocenters. The summed E-state index contributed by atoms with van der Waals surface area (Å²) in [6.45, 7) is 8.34. The van der Waals surface area contributed by atoms with E-state index >= 15 is 0 Å². The van der Waals surface area contributed by atoms with E-state index in [4.69, 9.17) is 24.3 Å². The number of halogens is 2. The van der Waals surface area contributed by atoms with Crippen molar-refractivity contribution in [2.75, 3.05) is 0 Å². The molecule has 2 nitrogen and oxygen atoms in total. The molecule has 0 aromatic heterocycles. The monoisotopic (exact) mass is 453 g/mol. The van der Waals surface area contributed by atoms with Crippen LogP contribution in [0.25, 0.3) is 16.5 Å². The van der Waals surface area contributed by atoms with E-state index in [1.807, 2.05) is 26.0 Å². The molecule has 2 radical (unpaired) electrons. The van der Waals surface area contributed by atoms with E-state index in [9.17, 15) is 4.79 Å². The summed E-state index contributed by atoms with van der Waals surface area (Å²) in [4.78, 5) is 10.8. The molecular formula is C21H25Cl2NOSiTi-2. The van der Waals surface area contributed by atoms with Crippen LogP contribution >= 0.6 is 18.6 Å². The average molecular weight is 454 g/mol. The van der Waals surface area contributed by atoms with Gasteiger partial charge in [-0.3, -0.25) is 0 Å². The number of fused-ring (bicyclic) bond motifs is 1. The molecule has 6 heteroatoms. The van der Waals surface area contributed by atoms with Crippen molar-refractivity contribution >= 4 is 44.8 Å². The molecule has 0 saturated heterocycles. The molecule has 0 fully saturated rings. The largest absolute Gasteiger partial charge is 0.168 e. The molecule has 3 aromatic carbocycles. The van der Waals surface area contributed by atoms with Crippen molar-refractivity contribution in [3.05, 3.63) is 83.6 Å². The molecule has 0 spiro atoms. The molecule has 0 saturated carbocycles. The molecule has 0 bridgehead atoms. The first kappa shape index (κ1) is 26.0. The Morgan fingerprint density at radius 2 is 1.56 bits per heavy atom. The Hall–Kier alpha value is -0.969. The number of carbonyl (C=O) groups is 1. The zero-order chi connectivity index (χ0) is 20.7. The van der Waals surface area contributed by atoms with Crippen molar-refractivity contribution in [2.45, 2.75) is 32.9 Å². The van der Waals surface area contributed by atoms with Crippen LogP contribution in [-0.4, -0.2) is 15.4 Å². The Morgan fingerprint density at radius 3 is 2.04 bits per heavy atom. The molecule has 0 aliphatic rings. The minimum absolute atomic E-state index is 0.301. The maximum absolute atomic E-state index is 10.8. The van der Waals surface area contributed by atoms with Crippen LogP contribution in [-0.2, 0) is 17.0 Å². The second-order valence-corrected chi connectivity index (χ2v) is 9.38. The minimum Gasteiger partial charge on any atom is -0.168 e. The quantitative estimate of drug-likeness (QED) is 0.289. The van der Waals surface area contributed by atoms with E-state index in [0.29, 0.717) is 11.5 Å². The summed E-state index contributed by atoms with van der Waals surface area (Å²) in [7, 11) is 10.9. The number of carbonyl (C=O) groups excluding carboxylic acids is 1. The van der Waals surface area contributed by atoms with Crippen molar-refractivity contribution in [2.24, 2.45) is 0 Å². The van der Waals surface area contributed by atoms with Gasteiger partial charge in [-0.25, -0.2) is 0 Å². The van der Waals surface area contributed by atoms with Crippen molar-refractivity contribution in [1.82, 2.24) is 0 Å². The van der Waals surface area contributed by atoms with E-state index in [-0.39, 0.29) is 0 Å². The number of hydrogen-bond donors (Lipinski definition) is 0. The molecule has 27 heavy (non-hydrogen) atoms. The van der Waals surface area contributed by atoms with Crippen LogP contribution in [0.3, 0.4) is 0 Å². The Morgan fingerprint density at radius 1 is 1.04 bits per heavy atom. The van der Waals surface area contributed by atoms with Gasteiger partial charge in [0.1, 0.15) is 0 Å². The fraction of sp³-hybridized carbons (Fsp3) is 0.238. The fourth-order valence-electron chi connectivity index (χ4n) is 2.28. The third-order valence-electron chi connectivity index (χ3n) is 3.38. The summed E-state index contributed by atoms with van der Waals surface area (Å²) in [5.74, 6) is -0.296. The molecule has 0 aliphatic carbocycles. The van der Waals surface area contributed by atoms with Gasteiger partial charge in [0.15, 0.2) is 0 Å². The van der Waals surface area contributed by atoms with E-state index in [1.54, 1.807) is 12.1 Å². The van der Waals surface area contributed by atoms with Crippen LogP contribution in [0.15, 0.2) is 66.7 Å². The van der Waals surface area contributed by atoms with E-state index in [0.717, 1.165) is 15.1 Å². The molecule has 3 aromatic rings. The molecule has 0 aliphatic heterocycles. The van der Waals surface area contributed by atoms with Gasteiger partial charge < -0.3 is 10.5 Å². The summed E-state index contributed by atoms with van der Waals surface area (Å²) < 4.78 is 0. The van der Waals surface area contributed by atoms with Crippen LogP contribution in [0.1, 0.15) is 35.7 Å². The fourth-order valence-corrected chi connectivity index (χ4v) is 2.28. The van der Waals surface area contributed by atoms with E-state index < -0.39 is 22.9 Å². The molecule has 1 N–H and O–H groups in total. The Balaban J connectivity index is 0.000000396. The van der Waals surface area contributed by atoms with Gasteiger partial charge in [0, 0.05) is 15.1 Å². The first-order chi connectivity index (χ1) is 12.9. The second kappa shape index (κ2) is 16.0. The van der Waals surface area contributed by atoms with Crippen LogP contribution in [0, 0.1) is 0 Å². The van der Waals surface area contributed by atoms with Crippen LogP contribution in [0.5, 0.6) is 0 Å². The van der Waals surface area contributed by atoms with Gasteiger partial charge in [-0.1, -0.05) is 57.3 Å². The van der Waals surface area contributed by atoms with Crippen molar-refractivity contribution in [3.63, 3.8) is 0 Å². The van der Waals surface area contributed by atoms with Crippen molar-refractivity contribution in [1.29, 1.82) is 0 Å². The molecule has 3 rings (SSSR count). The van der Waals surface area contributed by atoms with Gasteiger partial charge in [-0.2, -0.15) is 17.5 Å². The number of rotatable bonds is 2. The number of hydrogen-bond acceptors (Lipinski definition) is 1. The molecule has 0 atom stereocenters. The number of benzene rings is 2. The Bertz CT molecular complexity index is 745. The molecular weight excluding hydrogens is 429 g/mol. The molecule has 144 valence electrons. The average Bonchev–Trinajstić information content (AvgIpc) is 3.12. The number of nitrogens with one attached hydrogen (secondary N) is 1. The zero-order valence-electron chi connectivity index (χ0n) is 16.1. The van der Waals surface area contributed by atoms with Gasteiger partial charge in [-0.05, 0) is 11.5 Å². The molecule has 0 heterocycles. The molecule has 1 amide bonds. The van der Waals surface area contributed by atoms with Crippen LogP contribution < -0.4 is 0 Å². The third-order valence-corrected chi connectivity index (χ3v) is 3.38. The topological polar surface area (TPSA) is 40.9 Å². The Labute approximate surface area is 182 Å². The minimum atomic E-state index is -0.598. The van der Waals surface area contributed by atoms with E-state index in [1.165, 1.54) is 10.8 Å². The summed E-state index contributed by atoms with van der Waals surface area (Å²) in [6, 6.07) is 21.9. The smallest absolute Gasteiger partial charge is 0.0809 e. The second-order valence-electron chi connectivity index (χ2n) is 5.80. The summed E-state index contributed by atoms with van der Waals surface area (Å²) in [5, 5.41) is 2.66. The van der Waals surface area contributed by atoms with Crippen molar-refractivity contribution < 1.29 is 21.8 Å². The van der Waals surface area contributed by atoms with Crippen LogP contribution in [0.4, 0.5) is 0 Å². The van der Waals surface area contributed by atoms with Gasteiger partial charge in [0.25, 0.3) is 0 Å². The standard InChI is InChI=1S/C10H13NO.C9H7.C2H6Si.2ClH.Ti/c1-7(2)8-5-3-4-6-9(8)10(11)12;1-2-5-9-7-3-6-8(9)4-1;1-3-2;;;/h3-7H,1-2H3,(H2,11,12);1-7H;1-2H3;2*1H;/q;-1;;;;+2/p-3. The third kappa shape index (κ3) is 10.8. The van der Waals surface area contributed by atoms with Crippen LogP contribution in [0.2, 0.25) is 13.1 Å². The van der Waals surface area contributed by atoms with Gasteiger partial charge in [0.2, 0.25) is 0 Å². The predicted molar refractivity (Wildman–Crippen MR) is 118 cm³/mol. The maximum atomic E-state index is 10.8. The summed E-state index contributed by atoms with van der Waals surface area (Å²) in [5.41, 5.74) is 8.49. The van der Waals surface area contributed by atoms with Gasteiger partial charge >= 0.3 is 35.6 Å². The predicted octanol–water partition coefficient (Wildman–Crippen LogP) is 7.72. The first-order valence-corrected chi connectivity index (χ1v) is 14.7. The summed E-state index contributed by atoms with van der Waals surface area (Å²) >= 11 is -0.556. The van der Waals surface area contributed by atoms with Gasteiger partial charge in [0.05, 0.1) is 5.91 Å².